The van der Waals surface area contributed by atoms with Crippen LogP contribution in [0.25, 0.3) is 22.9 Å². The highest BCUT2D eigenvalue weighted by atomic mass is 16.5. The van der Waals surface area contributed by atoms with Gasteiger partial charge in [0.2, 0.25) is 5.89 Å². The molecule has 1 aromatic heterocycles. The molecule has 0 aliphatic heterocycles. The number of aromatic nitrogens is 2. The Morgan fingerprint density at radius 1 is 0.906 bits per heavy atom. The molecule has 1 atom stereocenters. The van der Waals surface area contributed by atoms with Crippen LogP contribution in [0.2, 0.25) is 0 Å². The number of anilines is 1. The summed E-state index contributed by atoms with van der Waals surface area (Å²) in [5.74, 6) is 1.52. The summed E-state index contributed by atoms with van der Waals surface area (Å²) in [5, 5.41) is 11.2. The highest BCUT2D eigenvalue weighted by Crippen LogP contribution is 2.32. The molecule has 4 aromatic rings. The maximum absolute atomic E-state index is 12.9. The van der Waals surface area contributed by atoms with Crippen molar-refractivity contribution < 1.29 is 18.7 Å². The summed E-state index contributed by atoms with van der Waals surface area (Å²) >= 11 is 0. The second kappa shape index (κ2) is 9.78. The van der Waals surface area contributed by atoms with Crippen molar-refractivity contribution in [3.05, 3.63) is 78.9 Å². The first kappa shape index (κ1) is 21.1. The van der Waals surface area contributed by atoms with Crippen molar-refractivity contribution in [3.63, 3.8) is 0 Å². The highest BCUT2D eigenvalue weighted by molar-refractivity contribution is 5.95. The number of hydrogen-bond donors (Lipinski definition) is 1. The molecule has 1 heterocycles. The molecule has 0 fully saturated rings. The molecule has 3 aromatic carbocycles. The van der Waals surface area contributed by atoms with E-state index in [2.05, 4.69) is 15.5 Å². The summed E-state index contributed by atoms with van der Waals surface area (Å²) in [6.07, 6.45) is -0.258. The van der Waals surface area contributed by atoms with Crippen molar-refractivity contribution in [3.8, 4) is 34.4 Å². The Morgan fingerprint density at radius 3 is 2.31 bits per heavy atom. The summed E-state index contributed by atoms with van der Waals surface area (Å²) in [6.45, 7) is 1.88. The molecular formula is C25H23N3O4. The minimum Gasteiger partial charge on any atom is -0.495 e. The Morgan fingerprint density at radius 2 is 1.56 bits per heavy atom. The quantitative estimate of drug-likeness (QED) is 0.414. The number of carbonyl (C=O) groups excluding carboxylic acids is 1. The number of benzene rings is 3. The molecule has 0 spiro atoms. The van der Waals surface area contributed by atoms with E-state index >= 15 is 0 Å². The molecule has 0 saturated heterocycles. The van der Waals surface area contributed by atoms with Gasteiger partial charge in [0, 0.05) is 5.56 Å². The van der Waals surface area contributed by atoms with Crippen molar-refractivity contribution in [2.45, 2.75) is 19.4 Å². The average molecular weight is 429 g/mol. The lowest BCUT2D eigenvalue weighted by atomic mass is 10.2. The van der Waals surface area contributed by atoms with Gasteiger partial charge in [-0.1, -0.05) is 49.4 Å². The van der Waals surface area contributed by atoms with Crippen molar-refractivity contribution in [2.24, 2.45) is 0 Å². The lowest BCUT2D eigenvalue weighted by Crippen LogP contribution is -2.32. The van der Waals surface area contributed by atoms with Crippen LogP contribution in [-0.2, 0) is 4.79 Å². The zero-order valence-electron chi connectivity index (χ0n) is 17.8. The predicted octanol–water partition coefficient (Wildman–Crippen LogP) is 5.21. The standard InChI is InChI=1S/C25H23N3O4/c1-3-20(23(29)26-19-14-8-10-16-22(19)30-2)31-21-15-9-7-13-18(21)25-28-27-24(32-25)17-11-5-4-6-12-17/h4-16,20H,3H2,1-2H3,(H,26,29). The number of nitrogens with zero attached hydrogens (tertiary/aromatic N) is 2. The van der Waals surface area contributed by atoms with E-state index in [1.165, 1.54) is 0 Å². The first-order valence-electron chi connectivity index (χ1n) is 10.3. The molecule has 1 N–H and O–H groups in total. The zero-order chi connectivity index (χ0) is 22.3. The molecule has 7 nitrogen and oxygen atoms in total. The number of rotatable bonds is 8. The first-order valence-corrected chi connectivity index (χ1v) is 10.3. The maximum atomic E-state index is 12.9. The van der Waals surface area contributed by atoms with Crippen molar-refractivity contribution in [2.75, 3.05) is 12.4 Å². The number of hydrogen-bond acceptors (Lipinski definition) is 6. The Bertz CT molecular complexity index is 1190. The topological polar surface area (TPSA) is 86.5 Å². The van der Waals surface area contributed by atoms with E-state index in [9.17, 15) is 4.79 Å². The molecule has 4 rings (SSSR count). The minimum absolute atomic E-state index is 0.276. The van der Waals surface area contributed by atoms with Crippen LogP contribution in [0.4, 0.5) is 5.69 Å². The Hall–Kier alpha value is -4.13. The first-order chi connectivity index (χ1) is 15.7. The van der Waals surface area contributed by atoms with E-state index in [1.807, 2.05) is 67.6 Å². The van der Waals surface area contributed by atoms with Crippen LogP contribution in [0, 0.1) is 0 Å². The van der Waals surface area contributed by atoms with Crippen LogP contribution < -0.4 is 14.8 Å². The van der Waals surface area contributed by atoms with Crippen LogP contribution in [-0.4, -0.2) is 29.3 Å². The van der Waals surface area contributed by atoms with Gasteiger partial charge in [0.15, 0.2) is 6.10 Å². The molecule has 32 heavy (non-hydrogen) atoms. The number of nitrogens with one attached hydrogen (secondary N) is 1. The largest absolute Gasteiger partial charge is 0.495 e. The van der Waals surface area contributed by atoms with E-state index < -0.39 is 6.10 Å². The molecule has 0 bridgehead atoms. The molecular weight excluding hydrogens is 406 g/mol. The van der Waals surface area contributed by atoms with Gasteiger partial charge in [-0.25, -0.2) is 0 Å². The molecule has 1 amide bonds. The van der Waals surface area contributed by atoms with Gasteiger partial charge >= 0.3 is 0 Å². The van der Waals surface area contributed by atoms with Gasteiger partial charge in [-0.2, -0.15) is 0 Å². The van der Waals surface area contributed by atoms with E-state index in [-0.39, 0.29) is 5.91 Å². The van der Waals surface area contributed by atoms with Gasteiger partial charge in [0.05, 0.1) is 18.4 Å². The van der Waals surface area contributed by atoms with Gasteiger partial charge < -0.3 is 19.2 Å². The number of methoxy groups -OCH3 is 1. The van der Waals surface area contributed by atoms with Crippen LogP contribution in [0.15, 0.2) is 83.3 Å². The molecule has 1 unspecified atom stereocenters. The monoisotopic (exact) mass is 429 g/mol. The van der Waals surface area contributed by atoms with E-state index in [1.54, 1.807) is 25.3 Å². The third-order valence-corrected chi connectivity index (χ3v) is 4.86. The number of carbonyl (C=O) groups is 1. The highest BCUT2D eigenvalue weighted by Gasteiger charge is 2.23. The zero-order valence-corrected chi connectivity index (χ0v) is 17.8. The summed E-state index contributed by atoms with van der Waals surface area (Å²) < 4.78 is 17.3. The van der Waals surface area contributed by atoms with Crippen molar-refractivity contribution >= 4 is 11.6 Å². The van der Waals surface area contributed by atoms with Crippen LogP contribution in [0.5, 0.6) is 11.5 Å². The van der Waals surface area contributed by atoms with Crippen LogP contribution in [0.1, 0.15) is 13.3 Å². The lowest BCUT2D eigenvalue weighted by molar-refractivity contribution is -0.122. The Labute approximate surface area is 186 Å². The van der Waals surface area contributed by atoms with Gasteiger partial charge in [0.25, 0.3) is 11.8 Å². The van der Waals surface area contributed by atoms with Crippen LogP contribution in [0.3, 0.4) is 0 Å². The summed E-state index contributed by atoms with van der Waals surface area (Å²) in [5.41, 5.74) is 2.03. The van der Waals surface area contributed by atoms with Crippen molar-refractivity contribution in [1.82, 2.24) is 10.2 Å². The third kappa shape index (κ3) is 4.62. The second-order valence-electron chi connectivity index (χ2n) is 6.98. The van der Waals surface area contributed by atoms with Crippen LogP contribution >= 0.6 is 0 Å². The molecule has 7 heteroatoms. The molecule has 0 aliphatic rings. The third-order valence-electron chi connectivity index (χ3n) is 4.86. The fraction of sp³-hybridized carbons (Fsp3) is 0.160. The van der Waals surface area contributed by atoms with E-state index in [0.29, 0.717) is 41.0 Å². The average Bonchev–Trinajstić information content (AvgIpc) is 3.34. The number of amides is 1. The number of para-hydroxylation sites is 3. The fourth-order valence-electron chi connectivity index (χ4n) is 3.21. The molecule has 162 valence electrons. The maximum Gasteiger partial charge on any atom is 0.265 e. The molecule has 0 saturated carbocycles. The fourth-order valence-corrected chi connectivity index (χ4v) is 3.21. The van der Waals surface area contributed by atoms with Gasteiger partial charge in [-0.05, 0) is 42.8 Å². The van der Waals surface area contributed by atoms with E-state index in [4.69, 9.17) is 13.9 Å². The predicted molar refractivity (Wildman–Crippen MR) is 122 cm³/mol. The smallest absolute Gasteiger partial charge is 0.265 e. The Kier molecular flexibility index (Phi) is 6.46. The second-order valence-corrected chi connectivity index (χ2v) is 6.98. The van der Waals surface area contributed by atoms with E-state index in [0.717, 1.165) is 5.56 Å². The Balaban J connectivity index is 1.56. The summed E-state index contributed by atoms with van der Waals surface area (Å²) in [6, 6.07) is 24.0. The lowest BCUT2D eigenvalue weighted by Gasteiger charge is -2.19. The van der Waals surface area contributed by atoms with Gasteiger partial charge in [0.1, 0.15) is 11.5 Å². The molecule has 0 aliphatic carbocycles. The SMILES string of the molecule is CCC(Oc1ccccc1-c1nnc(-c2ccccc2)o1)C(=O)Nc1ccccc1OC. The molecule has 0 radical (unpaired) electrons. The van der Waals surface area contributed by atoms with Gasteiger partial charge in [-0.15, -0.1) is 10.2 Å². The number of ether oxygens (including phenoxy) is 2. The summed E-state index contributed by atoms with van der Waals surface area (Å²) in [4.78, 5) is 12.9. The van der Waals surface area contributed by atoms with Crippen molar-refractivity contribution in [1.29, 1.82) is 0 Å². The van der Waals surface area contributed by atoms with Gasteiger partial charge in [-0.3, -0.25) is 4.79 Å². The summed E-state index contributed by atoms with van der Waals surface area (Å²) in [7, 11) is 1.56. The minimum atomic E-state index is -0.724. The normalized spacial score (nSPS) is 11.6.